The van der Waals surface area contributed by atoms with Crippen LogP contribution in [-0.4, -0.2) is 42.6 Å². The zero-order chi connectivity index (χ0) is 19.8. The predicted molar refractivity (Wildman–Crippen MR) is 102 cm³/mol. The lowest BCUT2D eigenvalue weighted by Crippen LogP contribution is -1.98. The Balaban J connectivity index is 1.79. The standard InChI is InChI=1S/C20H17N5O3/c1-12-13(7-21-18(12)20(26)27)4-5-14-8-23-25-11-15(6-17(28-3)19(14)25)16-9-22-24(2)10-16/h6-11,21H,1-3H3,(H,26,27). The molecule has 0 aliphatic heterocycles. The van der Waals surface area contributed by atoms with Gasteiger partial charge in [0.2, 0.25) is 0 Å². The summed E-state index contributed by atoms with van der Waals surface area (Å²) in [5, 5.41) is 17.7. The van der Waals surface area contributed by atoms with Gasteiger partial charge in [0.15, 0.2) is 0 Å². The van der Waals surface area contributed by atoms with Crippen LogP contribution in [-0.2, 0) is 7.05 Å². The van der Waals surface area contributed by atoms with Crippen molar-refractivity contribution in [3.63, 3.8) is 0 Å². The number of carboxylic acid groups (broad SMARTS) is 1. The summed E-state index contributed by atoms with van der Waals surface area (Å²) >= 11 is 0. The molecule has 0 bridgehead atoms. The number of pyridine rings is 1. The van der Waals surface area contributed by atoms with E-state index in [1.807, 2.05) is 25.5 Å². The van der Waals surface area contributed by atoms with Crippen LogP contribution in [0.25, 0.3) is 16.6 Å². The van der Waals surface area contributed by atoms with E-state index in [1.165, 1.54) is 0 Å². The second-order valence-corrected chi connectivity index (χ2v) is 6.31. The van der Waals surface area contributed by atoms with E-state index < -0.39 is 5.97 Å². The fourth-order valence-electron chi connectivity index (χ4n) is 3.04. The van der Waals surface area contributed by atoms with Gasteiger partial charge in [-0.15, -0.1) is 0 Å². The number of methoxy groups -OCH3 is 1. The van der Waals surface area contributed by atoms with Crippen molar-refractivity contribution in [3.8, 4) is 28.7 Å². The van der Waals surface area contributed by atoms with Crippen LogP contribution in [0, 0.1) is 18.8 Å². The first-order chi connectivity index (χ1) is 13.5. The summed E-state index contributed by atoms with van der Waals surface area (Å²) in [7, 11) is 3.46. The van der Waals surface area contributed by atoms with E-state index >= 15 is 0 Å². The highest BCUT2D eigenvalue weighted by molar-refractivity contribution is 5.88. The van der Waals surface area contributed by atoms with Crippen molar-refractivity contribution in [3.05, 3.63) is 59.4 Å². The Morgan fingerprint density at radius 2 is 1.96 bits per heavy atom. The average molecular weight is 375 g/mol. The summed E-state index contributed by atoms with van der Waals surface area (Å²) in [6, 6.07) is 1.92. The molecular formula is C20H17N5O3. The van der Waals surface area contributed by atoms with Gasteiger partial charge >= 0.3 is 5.97 Å². The smallest absolute Gasteiger partial charge is 0.352 e. The summed E-state index contributed by atoms with van der Waals surface area (Å²) in [4.78, 5) is 13.9. The van der Waals surface area contributed by atoms with Crippen LogP contribution in [0.5, 0.6) is 5.75 Å². The number of carboxylic acids is 1. The van der Waals surface area contributed by atoms with Gasteiger partial charge in [-0.1, -0.05) is 11.8 Å². The third-order valence-electron chi connectivity index (χ3n) is 4.52. The molecule has 140 valence electrons. The Morgan fingerprint density at radius 3 is 2.61 bits per heavy atom. The maximum absolute atomic E-state index is 11.2. The van der Waals surface area contributed by atoms with Crippen molar-refractivity contribution in [2.24, 2.45) is 7.05 Å². The van der Waals surface area contributed by atoms with E-state index in [4.69, 9.17) is 9.84 Å². The van der Waals surface area contributed by atoms with E-state index in [1.54, 1.807) is 41.8 Å². The molecule has 0 aromatic carbocycles. The first-order valence-electron chi connectivity index (χ1n) is 8.45. The van der Waals surface area contributed by atoms with Gasteiger partial charge in [0, 0.05) is 42.3 Å². The molecule has 8 nitrogen and oxygen atoms in total. The number of rotatable bonds is 3. The molecule has 0 fully saturated rings. The zero-order valence-electron chi connectivity index (χ0n) is 15.5. The SMILES string of the molecule is COc1cc(-c2cnn(C)c2)cn2ncc(C#Cc3c[nH]c(C(=O)O)c3C)c12. The molecule has 0 aliphatic carbocycles. The Morgan fingerprint density at radius 1 is 1.18 bits per heavy atom. The van der Waals surface area contributed by atoms with Crippen LogP contribution in [0.3, 0.4) is 0 Å². The van der Waals surface area contributed by atoms with Crippen molar-refractivity contribution in [2.75, 3.05) is 7.11 Å². The Bertz CT molecular complexity index is 1270. The molecule has 0 radical (unpaired) electrons. The molecule has 0 aliphatic rings. The summed E-state index contributed by atoms with van der Waals surface area (Å²) in [6.07, 6.45) is 8.84. The Labute approximate surface area is 160 Å². The van der Waals surface area contributed by atoms with Crippen molar-refractivity contribution in [2.45, 2.75) is 6.92 Å². The van der Waals surface area contributed by atoms with E-state index in [9.17, 15) is 4.79 Å². The van der Waals surface area contributed by atoms with Crippen molar-refractivity contribution in [1.29, 1.82) is 0 Å². The van der Waals surface area contributed by atoms with E-state index in [0.29, 0.717) is 22.4 Å². The molecule has 4 aromatic rings. The van der Waals surface area contributed by atoms with Crippen LogP contribution in [0.1, 0.15) is 27.2 Å². The quantitative estimate of drug-likeness (QED) is 0.536. The highest BCUT2D eigenvalue weighted by Crippen LogP contribution is 2.29. The number of aromatic nitrogens is 5. The molecule has 4 rings (SSSR count). The summed E-state index contributed by atoms with van der Waals surface area (Å²) < 4.78 is 9.02. The monoisotopic (exact) mass is 375 g/mol. The fraction of sp³-hybridized carbons (Fsp3) is 0.150. The van der Waals surface area contributed by atoms with Gasteiger partial charge in [0.05, 0.1) is 25.1 Å². The van der Waals surface area contributed by atoms with E-state index in [0.717, 1.165) is 16.6 Å². The van der Waals surface area contributed by atoms with Crippen molar-refractivity contribution in [1.82, 2.24) is 24.4 Å². The summed E-state index contributed by atoms with van der Waals surface area (Å²) in [6.45, 7) is 1.72. The molecule has 28 heavy (non-hydrogen) atoms. The molecule has 0 amide bonds. The minimum atomic E-state index is -1.01. The van der Waals surface area contributed by atoms with Crippen LogP contribution in [0.4, 0.5) is 0 Å². The van der Waals surface area contributed by atoms with Gasteiger partial charge in [-0.05, 0) is 18.6 Å². The largest absolute Gasteiger partial charge is 0.494 e. The number of carbonyl (C=O) groups is 1. The lowest BCUT2D eigenvalue weighted by Gasteiger charge is -2.06. The number of nitrogens with zero attached hydrogens (tertiary/aromatic N) is 4. The topological polar surface area (TPSA) is 97.4 Å². The van der Waals surface area contributed by atoms with Crippen LogP contribution < -0.4 is 4.74 Å². The van der Waals surface area contributed by atoms with Gasteiger partial charge in [-0.25, -0.2) is 9.31 Å². The molecule has 0 saturated heterocycles. The van der Waals surface area contributed by atoms with Crippen LogP contribution >= 0.6 is 0 Å². The molecule has 8 heteroatoms. The number of fused-ring (bicyclic) bond motifs is 1. The van der Waals surface area contributed by atoms with Gasteiger partial charge in [0.25, 0.3) is 0 Å². The van der Waals surface area contributed by atoms with Crippen LogP contribution in [0.2, 0.25) is 0 Å². The molecule has 0 saturated carbocycles. The minimum absolute atomic E-state index is 0.142. The maximum atomic E-state index is 11.2. The number of nitrogens with one attached hydrogen (secondary N) is 1. The number of hydrogen-bond acceptors (Lipinski definition) is 4. The molecular weight excluding hydrogens is 358 g/mol. The second kappa shape index (κ2) is 6.63. The third-order valence-corrected chi connectivity index (χ3v) is 4.52. The zero-order valence-corrected chi connectivity index (χ0v) is 15.5. The Kier molecular flexibility index (Phi) is 4.12. The molecule has 0 spiro atoms. The second-order valence-electron chi connectivity index (χ2n) is 6.31. The van der Waals surface area contributed by atoms with Crippen LogP contribution in [0.15, 0.2) is 37.1 Å². The Hall–Kier alpha value is -3.99. The predicted octanol–water partition coefficient (Wildman–Crippen LogP) is 2.48. The van der Waals surface area contributed by atoms with Crippen molar-refractivity contribution >= 4 is 11.5 Å². The van der Waals surface area contributed by atoms with Crippen molar-refractivity contribution < 1.29 is 14.6 Å². The van der Waals surface area contributed by atoms with Gasteiger partial charge in [-0.3, -0.25) is 4.68 Å². The summed E-state index contributed by atoms with van der Waals surface area (Å²) in [5.41, 5.74) is 4.68. The number of aromatic carboxylic acids is 1. The average Bonchev–Trinajstić information content (AvgIpc) is 3.38. The number of H-pyrrole nitrogens is 1. The van der Waals surface area contributed by atoms with E-state index in [-0.39, 0.29) is 5.69 Å². The maximum Gasteiger partial charge on any atom is 0.352 e. The molecule has 0 unspecified atom stereocenters. The normalized spacial score (nSPS) is 10.7. The third kappa shape index (κ3) is 2.89. The molecule has 4 aromatic heterocycles. The lowest BCUT2D eigenvalue weighted by molar-refractivity contribution is 0.0690. The number of hydrogen-bond donors (Lipinski definition) is 2. The highest BCUT2D eigenvalue weighted by Gasteiger charge is 2.14. The van der Waals surface area contributed by atoms with Gasteiger partial charge in [0.1, 0.15) is 17.0 Å². The van der Waals surface area contributed by atoms with Gasteiger partial charge in [-0.2, -0.15) is 10.2 Å². The minimum Gasteiger partial charge on any atom is -0.494 e. The number of ether oxygens (including phenoxy) is 1. The lowest BCUT2D eigenvalue weighted by atomic mass is 10.1. The van der Waals surface area contributed by atoms with E-state index in [2.05, 4.69) is 27.0 Å². The number of aromatic amines is 1. The number of aryl methyl sites for hydroxylation is 1. The molecule has 2 N–H and O–H groups in total. The van der Waals surface area contributed by atoms with Gasteiger partial charge < -0.3 is 14.8 Å². The first-order valence-corrected chi connectivity index (χ1v) is 8.45. The first kappa shape index (κ1) is 17.4. The molecule has 4 heterocycles. The molecule has 0 atom stereocenters. The highest BCUT2D eigenvalue weighted by atomic mass is 16.5. The summed E-state index contributed by atoms with van der Waals surface area (Å²) in [5.74, 6) is 5.72. The fourth-order valence-corrected chi connectivity index (χ4v) is 3.04.